The van der Waals surface area contributed by atoms with Gasteiger partial charge in [-0.15, -0.1) is 0 Å². The van der Waals surface area contributed by atoms with E-state index in [1.807, 2.05) is 13.0 Å². The minimum absolute atomic E-state index is 0.346. The maximum atomic E-state index is 12.9. The molecule has 0 unspecified atom stereocenters. The van der Waals surface area contributed by atoms with Crippen LogP contribution < -0.4 is 16.4 Å². The van der Waals surface area contributed by atoms with Gasteiger partial charge in [-0.3, -0.25) is 19.3 Å². The van der Waals surface area contributed by atoms with Crippen LogP contribution in [0.1, 0.15) is 25.3 Å². The van der Waals surface area contributed by atoms with Gasteiger partial charge in [-0.1, -0.05) is 43.7 Å². The summed E-state index contributed by atoms with van der Waals surface area (Å²) < 4.78 is 0. The fourth-order valence-electron chi connectivity index (χ4n) is 2.76. The van der Waals surface area contributed by atoms with E-state index in [1.165, 1.54) is 0 Å². The van der Waals surface area contributed by atoms with Crippen molar-refractivity contribution < 1.29 is 19.2 Å². The van der Waals surface area contributed by atoms with Crippen molar-refractivity contribution in [1.29, 1.82) is 0 Å². The number of primary amides is 1. The highest BCUT2D eigenvalue weighted by Gasteiger charge is 2.52. The summed E-state index contributed by atoms with van der Waals surface area (Å²) in [5, 5.41) is 4.98. The van der Waals surface area contributed by atoms with Crippen molar-refractivity contribution in [3.63, 3.8) is 0 Å². The van der Waals surface area contributed by atoms with Gasteiger partial charge in [0.15, 0.2) is 0 Å². The minimum atomic E-state index is -1.17. The van der Waals surface area contributed by atoms with Gasteiger partial charge < -0.3 is 16.4 Å². The molecule has 4 N–H and O–H groups in total. The van der Waals surface area contributed by atoms with Gasteiger partial charge in [0.1, 0.15) is 12.1 Å². The molecule has 0 aromatic heterocycles. The molecule has 128 valence electrons. The summed E-state index contributed by atoms with van der Waals surface area (Å²) in [7, 11) is 0. The Bertz CT molecular complexity index is 661. The number of hydrogen-bond donors (Lipinski definition) is 3. The third-order valence-electron chi connectivity index (χ3n) is 3.83. The van der Waals surface area contributed by atoms with Gasteiger partial charge in [-0.25, -0.2) is 4.79 Å². The van der Waals surface area contributed by atoms with Crippen LogP contribution in [0.15, 0.2) is 30.3 Å². The predicted molar refractivity (Wildman–Crippen MR) is 85.5 cm³/mol. The van der Waals surface area contributed by atoms with E-state index < -0.39 is 35.8 Å². The van der Waals surface area contributed by atoms with Gasteiger partial charge in [0.05, 0.1) is 6.54 Å². The zero-order valence-electron chi connectivity index (χ0n) is 13.4. The van der Waals surface area contributed by atoms with Gasteiger partial charge in [-0.05, 0) is 12.0 Å². The molecule has 0 aliphatic carbocycles. The Morgan fingerprint density at radius 2 is 1.92 bits per heavy atom. The maximum Gasteiger partial charge on any atom is 0.325 e. The topological polar surface area (TPSA) is 122 Å². The monoisotopic (exact) mass is 332 g/mol. The minimum Gasteiger partial charge on any atom is -0.368 e. The van der Waals surface area contributed by atoms with E-state index in [-0.39, 0.29) is 6.54 Å². The first-order chi connectivity index (χ1) is 11.4. The zero-order valence-corrected chi connectivity index (χ0v) is 13.4. The van der Waals surface area contributed by atoms with Gasteiger partial charge in [0, 0.05) is 0 Å². The molecule has 8 heteroatoms. The number of imide groups is 1. The Morgan fingerprint density at radius 1 is 1.25 bits per heavy atom. The molecule has 1 aliphatic rings. The van der Waals surface area contributed by atoms with Crippen molar-refractivity contribution in [2.75, 3.05) is 13.1 Å². The molecule has 1 atom stereocenters. The van der Waals surface area contributed by atoms with Crippen molar-refractivity contribution >= 4 is 23.8 Å². The maximum absolute atomic E-state index is 12.9. The van der Waals surface area contributed by atoms with Gasteiger partial charge in [-0.2, -0.15) is 0 Å². The Hall–Kier alpha value is -2.90. The molecule has 8 nitrogen and oxygen atoms in total. The van der Waals surface area contributed by atoms with Crippen LogP contribution in [-0.2, 0) is 19.9 Å². The molecular weight excluding hydrogens is 312 g/mol. The number of nitrogens with two attached hydrogens (primary N) is 1. The highest BCUT2D eigenvalue weighted by Crippen LogP contribution is 2.33. The van der Waals surface area contributed by atoms with E-state index in [0.29, 0.717) is 18.4 Å². The summed E-state index contributed by atoms with van der Waals surface area (Å²) in [6, 6.07) is 8.29. The smallest absolute Gasteiger partial charge is 0.325 e. The molecule has 2 rings (SSSR count). The average molecular weight is 332 g/mol. The second-order valence-corrected chi connectivity index (χ2v) is 5.59. The Labute approximate surface area is 139 Å². The summed E-state index contributed by atoms with van der Waals surface area (Å²) in [6.07, 6.45) is 1.09. The van der Waals surface area contributed by atoms with E-state index in [1.54, 1.807) is 24.3 Å². The standard InChI is InChI=1S/C16H20N4O4/c1-2-8-16(11-6-4-3-5-7-11)14(23)20(15(24)19-16)10-13(22)18-9-12(17)21/h3-7H,2,8-10H2,1H3,(H2,17,21)(H,18,22)(H,19,24)/t16-/m0/s1. The fraction of sp³-hybridized carbons (Fsp3) is 0.375. The van der Waals surface area contributed by atoms with E-state index in [0.717, 1.165) is 4.90 Å². The number of urea groups is 1. The van der Waals surface area contributed by atoms with Crippen LogP contribution in [0.5, 0.6) is 0 Å². The highest BCUT2D eigenvalue weighted by molar-refractivity contribution is 6.09. The van der Waals surface area contributed by atoms with E-state index in [9.17, 15) is 19.2 Å². The Morgan fingerprint density at radius 3 is 2.50 bits per heavy atom. The Balaban J connectivity index is 2.22. The van der Waals surface area contributed by atoms with Crippen LogP contribution in [0.25, 0.3) is 0 Å². The number of carbonyl (C=O) groups is 4. The second-order valence-electron chi connectivity index (χ2n) is 5.59. The number of amides is 5. The lowest BCUT2D eigenvalue weighted by atomic mass is 9.85. The first-order valence-electron chi connectivity index (χ1n) is 7.65. The highest BCUT2D eigenvalue weighted by atomic mass is 16.2. The summed E-state index contributed by atoms with van der Waals surface area (Å²) in [5.74, 6) is -1.81. The van der Waals surface area contributed by atoms with Gasteiger partial charge in [0.25, 0.3) is 5.91 Å². The van der Waals surface area contributed by atoms with Gasteiger partial charge in [0.2, 0.25) is 11.8 Å². The average Bonchev–Trinajstić information content (AvgIpc) is 2.79. The van der Waals surface area contributed by atoms with Crippen molar-refractivity contribution in [3.05, 3.63) is 35.9 Å². The fourth-order valence-corrected chi connectivity index (χ4v) is 2.76. The largest absolute Gasteiger partial charge is 0.368 e. The molecule has 1 aromatic rings. The molecule has 1 aromatic carbocycles. The molecule has 0 bridgehead atoms. The van der Waals surface area contributed by atoms with Crippen LogP contribution in [-0.4, -0.2) is 41.7 Å². The molecule has 0 spiro atoms. The molecule has 0 saturated carbocycles. The first kappa shape index (κ1) is 17.5. The lowest BCUT2D eigenvalue weighted by molar-refractivity contribution is -0.135. The second kappa shape index (κ2) is 7.12. The van der Waals surface area contributed by atoms with Crippen molar-refractivity contribution in [2.24, 2.45) is 5.73 Å². The normalized spacial score (nSPS) is 20.0. The summed E-state index contributed by atoms with van der Waals surface area (Å²) in [6.45, 7) is 1.10. The molecule has 1 saturated heterocycles. The van der Waals surface area contributed by atoms with Crippen LogP contribution in [0.2, 0.25) is 0 Å². The number of benzene rings is 1. The summed E-state index contributed by atoms with van der Waals surface area (Å²) >= 11 is 0. The van der Waals surface area contributed by atoms with E-state index in [2.05, 4.69) is 10.6 Å². The van der Waals surface area contributed by atoms with Crippen LogP contribution in [0.3, 0.4) is 0 Å². The quantitative estimate of drug-likeness (QED) is 0.600. The van der Waals surface area contributed by atoms with Crippen molar-refractivity contribution in [2.45, 2.75) is 25.3 Å². The first-order valence-corrected chi connectivity index (χ1v) is 7.65. The van der Waals surface area contributed by atoms with Crippen molar-refractivity contribution in [3.8, 4) is 0 Å². The van der Waals surface area contributed by atoms with E-state index >= 15 is 0 Å². The molecule has 24 heavy (non-hydrogen) atoms. The SMILES string of the molecule is CCC[C@@]1(c2ccccc2)NC(=O)N(CC(=O)NCC(N)=O)C1=O. The van der Waals surface area contributed by atoms with Crippen molar-refractivity contribution in [1.82, 2.24) is 15.5 Å². The van der Waals surface area contributed by atoms with Crippen LogP contribution in [0.4, 0.5) is 4.79 Å². The number of nitrogens with one attached hydrogen (secondary N) is 2. The summed E-state index contributed by atoms with van der Waals surface area (Å²) in [5.41, 5.74) is 4.45. The number of rotatable bonds is 7. The molecule has 1 heterocycles. The number of hydrogen-bond acceptors (Lipinski definition) is 4. The van der Waals surface area contributed by atoms with Crippen LogP contribution >= 0.6 is 0 Å². The van der Waals surface area contributed by atoms with Crippen LogP contribution in [0, 0.1) is 0 Å². The predicted octanol–water partition coefficient (Wildman–Crippen LogP) is -0.165. The number of carbonyl (C=O) groups excluding carboxylic acids is 4. The molecule has 1 aliphatic heterocycles. The molecule has 1 fully saturated rings. The number of nitrogens with zero attached hydrogens (tertiary/aromatic N) is 1. The third-order valence-corrected chi connectivity index (χ3v) is 3.83. The van der Waals surface area contributed by atoms with Gasteiger partial charge >= 0.3 is 6.03 Å². The molecular formula is C16H20N4O4. The Kier molecular flexibility index (Phi) is 5.18. The lowest BCUT2D eigenvalue weighted by Gasteiger charge is -2.26. The molecule has 0 radical (unpaired) electrons. The lowest BCUT2D eigenvalue weighted by Crippen LogP contribution is -2.45. The zero-order chi connectivity index (χ0) is 17.7. The third kappa shape index (κ3) is 3.37. The summed E-state index contributed by atoms with van der Waals surface area (Å²) in [4.78, 5) is 48.5. The molecule has 5 amide bonds. The van der Waals surface area contributed by atoms with E-state index in [4.69, 9.17) is 5.73 Å².